The van der Waals surface area contributed by atoms with Crippen LogP contribution in [0.25, 0.3) is 4.83 Å². The van der Waals surface area contributed by atoms with Crippen LogP contribution in [0.3, 0.4) is 0 Å². The number of aliphatic hydroxyl groups is 1. The maximum atomic E-state index is 11.1. The Morgan fingerprint density at radius 3 is 3.33 bits per heavy atom. The van der Waals surface area contributed by atoms with Crippen LogP contribution in [0, 0.1) is 0 Å². The number of carbonyl (C=O) groups excluding carboxylic acids is 1. The minimum atomic E-state index is -0.482. The second-order valence-electron chi connectivity index (χ2n) is 2.29. The molecule has 0 aliphatic heterocycles. The molecule has 0 atom stereocenters. The van der Waals surface area contributed by atoms with Crippen molar-refractivity contribution in [1.29, 1.82) is 0 Å². The fraction of sp³-hybridized carbons (Fsp3) is 0.143. The fourth-order valence-corrected chi connectivity index (χ4v) is 1.83. The molecule has 2 heterocycles. The van der Waals surface area contributed by atoms with E-state index in [9.17, 15) is 4.79 Å². The third kappa shape index (κ3) is 0.945. The summed E-state index contributed by atoms with van der Waals surface area (Å²) in [6.07, 6.45) is 3.38. The Bertz CT molecular complexity index is 418. The first-order valence-corrected chi connectivity index (χ1v) is 4.25. The van der Waals surface area contributed by atoms with Crippen molar-refractivity contribution in [3.63, 3.8) is 0 Å². The van der Waals surface area contributed by atoms with Gasteiger partial charge in [0, 0.05) is 11.6 Å². The molecule has 0 saturated heterocycles. The number of nitrogens with zero attached hydrogens (tertiary/aromatic N) is 2. The largest absolute Gasteiger partial charge is 0.388 e. The summed E-state index contributed by atoms with van der Waals surface area (Å²) in [6.45, 7) is -0.482. The van der Waals surface area contributed by atoms with Crippen molar-refractivity contribution in [3.05, 3.63) is 23.6 Å². The van der Waals surface area contributed by atoms with Gasteiger partial charge in [0.2, 0.25) is 5.78 Å². The standard InChI is InChI=1S/C7H6N2O2S/c10-3-5(11)6-7-9(4-8-6)1-2-12-7/h1-2,4,10H,3H2. The number of Topliss-reactive ketones (excluding diaryl/α,β-unsaturated/α-hetero) is 1. The van der Waals surface area contributed by atoms with Gasteiger partial charge in [0.05, 0.1) is 0 Å². The molecular formula is C7H6N2O2S. The molecule has 62 valence electrons. The van der Waals surface area contributed by atoms with E-state index in [-0.39, 0.29) is 5.78 Å². The molecule has 0 saturated carbocycles. The highest BCUT2D eigenvalue weighted by atomic mass is 32.1. The Labute approximate surface area is 72.1 Å². The maximum Gasteiger partial charge on any atom is 0.209 e. The molecule has 0 spiro atoms. The second-order valence-corrected chi connectivity index (χ2v) is 3.18. The predicted molar refractivity (Wildman–Crippen MR) is 44.5 cm³/mol. The van der Waals surface area contributed by atoms with Crippen molar-refractivity contribution in [1.82, 2.24) is 9.38 Å². The summed E-state index contributed by atoms with van der Waals surface area (Å²) in [6, 6.07) is 0. The van der Waals surface area contributed by atoms with E-state index in [2.05, 4.69) is 4.98 Å². The van der Waals surface area contributed by atoms with Crippen molar-refractivity contribution in [2.75, 3.05) is 6.61 Å². The lowest BCUT2D eigenvalue weighted by molar-refractivity contribution is 0.0901. The summed E-state index contributed by atoms with van der Waals surface area (Å²) < 4.78 is 1.76. The first-order valence-electron chi connectivity index (χ1n) is 3.37. The number of carbonyl (C=O) groups is 1. The first kappa shape index (κ1) is 7.45. The van der Waals surface area contributed by atoms with Gasteiger partial charge in [-0.1, -0.05) is 0 Å². The third-order valence-corrected chi connectivity index (χ3v) is 2.44. The molecule has 0 amide bonds. The summed E-state index contributed by atoms with van der Waals surface area (Å²) in [5, 5.41) is 10.5. The molecule has 1 N–H and O–H groups in total. The number of fused-ring (bicyclic) bond motifs is 1. The molecular weight excluding hydrogens is 176 g/mol. The van der Waals surface area contributed by atoms with E-state index in [1.165, 1.54) is 11.3 Å². The lowest BCUT2D eigenvalue weighted by atomic mass is 10.3. The van der Waals surface area contributed by atoms with Gasteiger partial charge in [-0.25, -0.2) is 4.98 Å². The van der Waals surface area contributed by atoms with Crippen LogP contribution in [0.4, 0.5) is 0 Å². The number of hydrogen-bond donors (Lipinski definition) is 1. The highest BCUT2D eigenvalue weighted by molar-refractivity contribution is 7.15. The molecule has 0 bridgehead atoms. The number of hydrogen-bond acceptors (Lipinski definition) is 4. The SMILES string of the molecule is O=C(CO)c1ncn2ccsc12. The molecule has 0 aliphatic carbocycles. The van der Waals surface area contributed by atoms with Crippen LogP contribution in [0.15, 0.2) is 17.9 Å². The predicted octanol–water partition coefficient (Wildman–Crippen LogP) is 0.571. The fourth-order valence-electron chi connectivity index (χ4n) is 0.999. The Kier molecular flexibility index (Phi) is 1.67. The lowest BCUT2D eigenvalue weighted by Crippen LogP contribution is -2.04. The minimum Gasteiger partial charge on any atom is -0.388 e. The number of thiazole rings is 1. The summed E-state index contributed by atoms with van der Waals surface area (Å²) >= 11 is 1.43. The van der Waals surface area contributed by atoms with Crippen molar-refractivity contribution >= 4 is 22.0 Å². The van der Waals surface area contributed by atoms with Crippen LogP contribution < -0.4 is 0 Å². The molecule has 5 heteroatoms. The highest BCUT2D eigenvalue weighted by Crippen LogP contribution is 2.15. The summed E-state index contributed by atoms with van der Waals surface area (Å²) in [7, 11) is 0. The quantitative estimate of drug-likeness (QED) is 0.691. The van der Waals surface area contributed by atoms with Crippen LogP contribution in [0.5, 0.6) is 0 Å². The van der Waals surface area contributed by atoms with E-state index >= 15 is 0 Å². The van der Waals surface area contributed by atoms with E-state index in [0.29, 0.717) is 5.69 Å². The maximum absolute atomic E-state index is 11.1. The lowest BCUT2D eigenvalue weighted by Gasteiger charge is -1.88. The smallest absolute Gasteiger partial charge is 0.209 e. The average molecular weight is 182 g/mol. The topological polar surface area (TPSA) is 54.6 Å². The van der Waals surface area contributed by atoms with Gasteiger partial charge >= 0.3 is 0 Å². The number of aliphatic hydroxyl groups excluding tert-OH is 1. The summed E-state index contributed by atoms with van der Waals surface area (Å²) in [5.41, 5.74) is 0.354. The van der Waals surface area contributed by atoms with Crippen LogP contribution in [-0.4, -0.2) is 26.9 Å². The Morgan fingerprint density at radius 2 is 2.58 bits per heavy atom. The van der Waals surface area contributed by atoms with Crippen LogP contribution in [0.1, 0.15) is 10.5 Å². The van der Waals surface area contributed by atoms with E-state index < -0.39 is 6.61 Å². The van der Waals surface area contributed by atoms with Crippen molar-refractivity contribution in [3.8, 4) is 0 Å². The van der Waals surface area contributed by atoms with Crippen molar-refractivity contribution in [2.45, 2.75) is 0 Å². The number of rotatable bonds is 2. The summed E-state index contributed by atoms with van der Waals surface area (Å²) in [5.74, 6) is -0.333. The molecule has 0 fully saturated rings. The van der Waals surface area contributed by atoms with Gasteiger partial charge in [0.15, 0.2) is 0 Å². The normalized spacial score (nSPS) is 10.8. The molecule has 4 nitrogen and oxygen atoms in total. The van der Waals surface area contributed by atoms with Crippen LogP contribution in [-0.2, 0) is 0 Å². The van der Waals surface area contributed by atoms with Crippen molar-refractivity contribution < 1.29 is 9.90 Å². The van der Waals surface area contributed by atoms with Crippen molar-refractivity contribution in [2.24, 2.45) is 0 Å². The van der Waals surface area contributed by atoms with Crippen LogP contribution >= 0.6 is 11.3 Å². The Morgan fingerprint density at radius 1 is 1.75 bits per heavy atom. The molecule has 2 aromatic heterocycles. The molecule has 12 heavy (non-hydrogen) atoms. The molecule has 2 aromatic rings. The molecule has 0 aromatic carbocycles. The van der Waals surface area contributed by atoms with E-state index in [4.69, 9.17) is 5.11 Å². The molecule has 0 aliphatic rings. The summed E-state index contributed by atoms with van der Waals surface area (Å²) in [4.78, 5) is 15.7. The Balaban J connectivity index is 2.61. The molecule has 0 radical (unpaired) electrons. The zero-order chi connectivity index (χ0) is 8.55. The van der Waals surface area contributed by atoms with E-state index in [0.717, 1.165) is 4.83 Å². The van der Waals surface area contributed by atoms with E-state index in [1.807, 2.05) is 11.6 Å². The number of imidazole rings is 1. The monoisotopic (exact) mass is 182 g/mol. The molecule has 0 unspecified atom stereocenters. The number of ketones is 1. The third-order valence-electron chi connectivity index (χ3n) is 1.56. The van der Waals surface area contributed by atoms with Gasteiger partial charge in [-0.2, -0.15) is 0 Å². The highest BCUT2D eigenvalue weighted by Gasteiger charge is 2.12. The van der Waals surface area contributed by atoms with Crippen LogP contribution in [0.2, 0.25) is 0 Å². The average Bonchev–Trinajstić information content (AvgIpc) is 2.62. The van der Waals surface area contributed by atoms with Gasteiger partial charge < -0.3 is 5.11 Å². The zero-order valence-electron chi connectivity index (χ0n) is 6.10. The zero-order valence-corrected chi connectivity index (χ0v) is 6.91. The first-order chi connectivity index (χ1) is 5.83. The van der Waals surface area contributed by atoms with E-state index in [1.54, 1.807) is 10.7 Å². The minimum absolute atomic E-state index is 0.333. The van der Waals surface area contributed by atoms with Gasteiger partial charge in [-0.15, -0.1) is 11.3 Å². The second kappa shape index (κ2) is 2.69. The Hall–Kier alpha value is -1.20. The molecule has 2 rings (SSSR count). The number of aromatic nitrogens is 2. The van der Waals surface area contributed by atoms with Gasteiger partial charge in [-0.3, -0.25) is 9.20 Å². The van der Waals surface area contributed by atoms with Gasteiger partial charge in [-0.05, 0) is 0 Å². The van der Waals surface area contributed by atoms with Gasteiger partial charge in [0.1, 0.15) is 23.5 Å². The van der Waals surface area contributed by atoms with Gasteiger partial charge in [0.25, 0.3) is 0 Å².